The van der Waals surface area contributed by atoms with E-state index in [0.717, 1.165) is 122 Å². The first-order valence-electron chi connectivity index (χ1n) is 28.4. The summed E-state index contributed by atoms with van der Waals surface area (Å²) in [7, 11) is -4.97. The van der Waals surface area contributed by atoms with Gasteiger partial charge in [-0.2, -0.15) is 0 Å². The largest absolute Gasteiger partial charge is 1.00 e. The molecule has 0 bridgehead atoms. The molecule has 0 aromatic heterocycles. The molecule has 76 heavy (non-hydrogen) atoms. The molecule has 420 valence electrons. The van der Waals surface area contributed by atoms with Gasteiger partial charge in [-0.15, -0.1) is 0 Å². The zero-order chi connectivity index (χ0) is 52.8. The van der Waals surface area contributed by atoms with Crippen molar-refractivity contribution in [3.05, 3.63) is 89.0 Å². The van der Waals surface area contributed by atoms with Crippen molar-refractivity contribution < 1.29 is 79.3 Å². The second kappa shape index (κ2) is 25.9. The molecule has 0 radical (unpaired) electrons. The van der Waals surface area contributed by atoms with Gasteiger partial charge in [-0.25, -0.2) is 9.36 Å². The smallest absolute Gasteiger partial charge is 0.524 e. The van der Waals surface area contributed by atoms with Crippen molar-refractivity contribution in [3.8, 4) is 5.75 Å². The molecule has 2 heterocycles. The predicted molar refractivity (Wildman–Crippen MR) is 282 cm³/mol. The fourth-order valence-electron chi connectivity index (χ4n) is 15.1. The number of phosphoric ester groups is 1. The maximum atomic E-state index is 14.9. The number of carbonyl (C=O) groups excluding carboxylic acids is 3. The number of Topliss-reactive ketones (excluding diaryl/α,β-unsaturated/α-hetero) is 1. The monoisotopic (exact) mass is 1090 g/mol. The number of hydrogen-bond donors (Lipinski definition) is 5. The van der Waals surface area contributed by atoms with Crippen molar-refractivity contribution in [2.45, 2.75) is 160 Å². The summed E-state index contributed by atoms with van der Waals surface area (Å²) in [5.74, 6) is -1.57. The number of ether oxygens (including phenoxy) is 4. The number of nitrogens with one attached hydrogen (secondary N) is 1. The fraction of sp³-hybridized carbons (Fsp3) is 0.678. The lowest BCUT2D eigenvalue weighted by Gasteiger charge is -2.59. The summed E-state index contributed by atoms with van der Waals surface area (Å²) >= 11 is 0. The molecule has 2 aromatic rings. The van der Waals surface area contributed by atoms with Crippen LogP contribution in [0.4, 0.5) is 0 Å². The van der Waals surface area contributed by atoms with Crippen LogP contribution in [0.2, 0.25) is 0 Å². The number of aliphatic hydroxyl groups excluding tert-OH is 2. The molecule has 7 aliphatic rings. The minimum absolute atomic E-state index is 0. The number of quaternary nitrogens is 1. The Morgan fingerprint density at radius 2 is 1.62 bits per heavy atom. The van der Waals surface area contributed by atoms with E-state index in [4.69, 9.17) is 23.5 Å². The molecule has 5 N–H and O–H groups in total. The number of phosphoric acid groups is 1. The topological polar surface area (TPSA) is 207 Å². The third-order valence-corrected chi connectivity index (χ3v) is 19.0. The molecule has 2 aromatic carbocycles. The molecule has 9 rings (SSSR count). The highest BCUT2D eigenvalue weighted by atomic mass is 35.5. The van der Waals surface area contributed by atoms with E-state index in [0.29, 0.717) is 30.6 Å². The van der Waals surface area contributed by atoms with Crippen LogP contribution in [-0.2, 0) is 50.9 Å². The highest BCUT2D eigenvalue weighted by molar-refractivity contribution is 7.46. The molecule has 5 unspecified atom stereocenters. The van der Waals surface area contributed by atoms with Crippen molar-refractivity contribution in [2.24, 2.45) is 40.4 Å². The Hall–Kier alpha value is -3.31. The number of esters is 1. The van der Waals surface area contributed by atoms with Crippen molar-refractivity contribution in [3.63, 3.8) is 0 Å². The average Bonchev–Trinajstić information content (AvgIpc) is 4.22. The van der Waals surface area contributed by atoms with Gasteiger partial charge in [-0.05, 0) is 123 Å². The third kappa shape index (κ3) is 13.6. The highest BCUT2D eigenvalue weighted by Gasteiger charge is 2.71. The zero-order valence-corrected chi connectivity index (χ0v) is 46.4. The summed E-state index contributed by atoms with van der Waals surface area (Å²) in [4.78, 5) is 61.3. The average molecular weight is 1100 g/mol. The lowest BCUT2D eigenvalue weighted by Crippen LogP contribution is -3.00. The van der Waals surface area contributed by atoms with Crippen molar-refractivity contribution >= 4 is 25.4 Å². The van der Waals surface area contributed by atoms with Gasteiger partial charge in [-0.3, -0.25) is 19.4 Å². The van der Waals surface area contributed by atoms with Gasteiger partial charge in [0.2, 0.25) is 0 Å². The SMILES string of the molecule is C[C@]12C=CC(=O)C=C1CCC1C2[C@@H](O)C[C@@]2(C)C1C1O[C@@H](C3CCCCC3)O[C@H]1[C@@H]2C(=O)COC(=O)C[N+]1(Cc2cc(C(O)CNCCCCCCOCCCCc3ccccc3)ccc2OP(=O)(O)O)CCCC1.[Cl-]. The van der Waals surface area contributed by atoms with E-state index >= 15 is 0 Å². The molecule has 2 aliphatic heterocycles. The molecule has 2 saturated heterocycles. The Balaban J connectivity index is 0.00000765. The Morgan fingerprint density at radius 1 is 0.895 bits per heavy atom. The highest BCUT2D eigenvalue weighted by Crippen LogP contribution is 2.68. The summed E-state index contributed by atoms with van der Waals surface area (Å²) in [6, 6.07) is 15.3. The number of nitrogens with zero attached hydrogens (tertiary/aromatic N) is 1. The molecule has 4 saturated carbocycles. The van der Waals surface area contributed by atoms with Gasteiger partial charge in [0, 0.05) is 55.4 Å². The van der Waals surface area contributed by atoms with Crippen molar-refractivity contribution in [1.82, 2.24) is 5.32 Å². The number of hydrogen-bond acceptors (Lipinski definition) is 12. The molecule has 11 atom stereocenters. The van der Waals surface area contributed by atoms with Crippen LogP contribution in [0, 0.1) is 40.4 Å². The van der Waals surface area contributed by atoms with E-state index in [2.05, 4.69) is 43.4 Å². The third-order valence-electron chi connectivity index (χ3n) is 18.6. The minimum Gasteiger partial charge on any atom is -1.00 e. The molecule has 17 heteroatoms. The van der Waals surface area contributed by atoms with Crippen LogP contribution in [0.3, 0.4) is 0 Å². The number of ketones is 2. The number of unbranched alkanes of at least 4 members (excludes halogenated alkanes) is 4. The van der Waals surface area contributed by atoms with Gasteiger partial charge in [0.05, 0.1) is 43.4 Å². The Morgan fingerprint density at radius 3 is 2.37 bits per heavy atom. The first kappa shape index (κ1) is 58.8. The normalized spacial score (nSPS) is 31.1. The maximum Gasteiger partial charge on any atom is 0.524 e. The van der Waals surface area contributed by atoms with Gasteiger partial charge in [0.15, 0.2) is 31.0 Å². The molecule has 0 spiro atoms. The molecule has 6 fully saturated rings. The van der Waals surface area contributed by atoms with Crippen LogP contribution in [0.5, 0.6) is 5.75 Å². The fourth-order valence-corrected chi connectivity index (χ4v) is 15.5. The van der Waals surface area contributed by atoms with E-state index < -0.39 is 61.7 Å². The van der Waals surface area contributed by atoms with Gasteiger partial charge in [0.1, 0.15) is 12.3 Å². The standard InChI is InChI=1S/C59H83N2O13P.ClH/c1-58-27-26-45(62)34-44(58)23-24-46-52(58)47(63)35-59(2)53(46)55-56(73-57(72-55)41-20-9-6-10-21-41)54(59)49(65)39-71-51(66)38-61(29-13-14-30-61)37-43-33-42(22-25-50(43)74-75(67,68)69)48(64)36-60-28-12-3-4-15-31-70-32-16-11-19-40-17-7-5-8-18-40;/h5,7-8,17-18,22,25-27,33-34,41,46-48,52-57,60,63-64H,3-4,6,9-16,19-21,23-24,28-32,35-39H2,1-2H3,(H-,67,68,69);1H/t46?,47-,48?,52?,53?,54-,55?,56-,57+,58-,59-;/m0./s1. The molecule has 5 aliphatic carbocycles. The number of fused-ring (bicyclic) bond motifs is 7. The van der Waals surface area contributed by atoms with Crippen LogP contribution < -0.4 is 22.2 Å². The summed E-state index contributed by atoms with van der Waals surface area (Å²) in [5.41, 5.74) is 2.21. The number of rotatable bonds is 25. The van der Waals surface area contributed by atoms with E-state index in [1.54, 1.807) is 24.3 Å². The van der Waals surface area contributed by atoms with Gasteiger partial charge >= 0.3 is 13.8 Å². The Labute approximate surface area is 456 Å². The number of halogens is 1. The predicted octanol–water partition coefficient (Wildman–Crippen LogP) is 5.41. The summed E-state index contributed by atoms with van der Waals surface area (Å²) in [6.07, 6.45) is 18.5. The quantitative estimate of drug-likeness (QED) is 0.0365. The number of aliphatic hydroxyl groups is 2. The first-order chi connectivity index (χ1) is 36.1. The molecular formula is C59H84ClN2O13P. The minimum atomic E-state index is -4.97. The van der Waals surface area contributed by atoms with E-state index in [1.807, 2.05) is 12.1 Å². The van der Waals surface area contributed by atoms with Crippen LogP contribution in [0.1, 0.15) is 139 Å². The summed E-state index contributed by atoms with van der Waals surface area (Å²) in [6.45, 7) is 7.59. The number of benzene rings is 2. The first-order valence-corrected chi connectivity index (χ1v) is 29.9. The Kier molecular flexibility index (Phi) is 20.0. The van der Waals surface area contributed by atoms with E-state index in [9.17, 15) is 38.9 Å². The second-order valence-electron chi connectivity index (χ2n) is 23.7. The summed E-state index contributed by atoms with van der Waals surface area (Å²) in [5, 5.41) is 26.9. The van der Waals surface area contributed by atoms with Crippen LogP contribution >= 0.6 is 7.82 Å². The molecule has 0 amide bonds. The van der Waals surface area contributed by atoms with Gasteiger partial charge in [-0.1, -0.05) is 94.0 Å². The van der Waals surface area contributed by atoms with Crippen molar-refractivity contribution in [1.29, 1.82) is 0 Å². The van der Waals surface area contributed by atoms with Crippen LogP contribution in [0.15, 0.2) is 72.3 Å². The Bertz CT molecular complexity index is 2410. The van der Waals surface area contributed by atoms with Crippen LogP contribution in [-0.4, -0.2) is 119 Å². The van der Waals surface area contributed by atoms with E-state index in [-0.39, 0.29) is 83.6 Å². The number of likely N-dealkylation sites (tertiary alicyclic amines) is 1. The summed E-state index contributed by atoms with van der Waals surface area (Å²) < 4.78 is 43.3. The maximum absolute atomic E-state index is 14.9. The number of allylic oxidation sites excluding steroid dienone is 4. The number of carbonyl (C=O) groups is 3. The molecule has 15 nitrogen and oxygen atoms in total. The van der Waals surface area contributed by atoms with Gasteiger partial charge in [0.25, 0.3) is 0 Å². The van der Waals surface area contributed by atoms with E-state index in [1.165, 1.54) is 18.1 Å². The van der Waals surface area contributed by atoms with Crippen LogP contribution in [0.25, 0.3) is 0 Å². The second-order valence-corrected chi connectivity index (χ2v) is 24.9. The molecular weight excluding hydrogens is 1010 g/mol. The zero-order valence-electron chi connectivity index (χ0n) is 44.7. The lowest BCUT2D eigenvalue weighted by molar-refractivity contribution is -0.922. The number of aryl methyl sites for hydroxylation is 1. The van der Waals surface area contributed by atoms with Crippen molar-refractivity contribution in [2.75, 3.05) is 52.5 Å². The lowest BCUT2D eigenvalue weighted by atomic mass is 9.46. The van der Waals surface area contributed by atoms with Gasteiger partial charge < -0.3 is 55.9 Å².